The van der Waals surface area contributed by atoms with Crippen molar-refractivity contribution >= 4 is 11.0 Å². The molecule has 0 saturated carbocycles. The molecule has 0 unspecified atom stereocenters. The smallest absolute Gasteiger partial charge is 0.238 e. The number of aromatic hydroxyl groups is 3. The molecule has 12 heteroatoms. The molecule has 0 bridgehead atoms. The maximum Gasteiger partial charge on any atom is 0.238 e. The van der Waals surface area contributed by atoms with Crippen LogP contribution in [0.4, 0.5) is 0 Å². The van der Waals surface area contributed by atoms with Crippen LogP contribution in [-0.4, -0.2) is 83.8 Å². The summed E-state index contributed by atoms with van der Waals surface area (Å²) in [6, 6.07) is 6.68. The molecule has 1 aliphatic rings. The van der Waals surface area contributed by atoms with Crippen LogP contribution in [0.15, 0.2) is 39.5 Å². The van der Waals surface area contributed by atoms with Gasteiger partial charge in [0.2, 0.25) is 17.5 Å². The van der Waals surface area contributed by atoms with Crippen molar-refractivity contribution in [3.8, 4) is 34.3 Å². The van der Waals surface area contributed by atoms with Crippen LogP contribution in [0.25, 0.3) is 22.3 Å². The third-order valence-corrected chi connectivity index (χ3v) is 6.41. The normalized spacial score (nSPS) is 24.0. The molecule has 1 saturated heterocycles. The summed E-state index contributed by atoms with van der Waals surface area (Å²) in [6.45, 7) is 2.38. The van der Waals surface area contributed by atoms with Crippen LogP contribution in [0.5, 0.6) is 23.0 Å². The van der Waals surface area contributed by atoms with Crippen molar-refractivity contribution in [3.63, 3.8) is 0 Å². The highest BCUT2D eigenvalue weighted by Crippen LogP contribution is 2.41. The molecule has 0 radical (unpaired) electrons. The molecule has 3 aromatic rings. The van der Waals surface area contributed by atoms with E-state index < -0.39 is 59.8 Å². The Morgan fingerprint density at radius 2 is 1.63 bits per heavy atom. The van der Waals surface area contributed by atoms with Gasteiger partial charge in [-0.2, -0.15) is 0 Å². The molecule has 1 fully saturated rings. The minimum Gasteiger partial charge on any atom is -0.508 e. The topological polar surface area (TPSA) is 211 Å². The quantitative estimate of drug-likeness (QED) is 0.208. The number of rotatable bonds is 7. The van der Waals surface area contributed by atoms with Crippen LogP contribution >= 0.6 is 0 Å². The van der Waals surface area contributed by atoms with Gasteiger partial charge in [0.05, 0.1) is 12.2 Å². The molecule has 8 N–H and O–H groups in total. The van der Waals surface area contributed by atoms with Crippen molar-refractivity contribution in [2.24, 2.45) is 0 Å². The van der Waals surface area contributed by atoms with Crippen LogP contribution in [0.2, 0.25) is 0 Å². The number of hydrogen-bond donors (Lipinski definition) is 8. The number of ether oxygens (including phenoxy) is 2. The Labute approximate surface area is 216 Å². The average molecular weight is 535 g/mol. The molecule has 4 rings (SSSR count). The van der Waals surface area contributed by atoms with E-state index >= 15 is 0 Å². The fraction of sp³-hybridized carbons (Fsp3) is 0.423. The van der Waals surface area contributed by atoms with Gasteiger partial charge in [0.15, 0.2) is 5.76 Å². The minimum atomic E-state index is -1.76. The Hall–Kier alpha value is -3.39. The summed E-state index contributed by atoms with van der Waals surface area (Å²) in [7, 11) is 0. The molecule has 5 atom stereocenters. The highest BCUT2D eigenvalue weighted by molar-refractivity contribution is 5.90. The Morgan fingerprint density at radius 1 is 0.974 bits per heavy atom. The summed E-state index contributed by atoms with van der Waals surface area (Å²) in [5, 5.41) is 81.3. The summed E-state index contributed by atoms with van der Waals surface area (Å²) in [5.41, 5.74) is -2.07. The lowest BCUT2D eigenvalue weighted by Gasteiger charge is -2.39. The zero-order valence-corrected chi connectivity index (χ0v) is 20.6. The molecule has 1 aromatic heterocycles. The van der Waals surface area contributed by atoms with Crippen LogP contribution in [0, 0.1) is 0 Å². The Kier molecular flexibility index (Phi) is 7.57. The molecule has 2 heterocycles. The molecule has 1 aliphatic heterocycles. The molecule has 0 amide bonds. The SMILES string of the molecule is CC(C)(O)CCc1c(O[C@H]2O[C@H](CO)[C@@H](O)[C@H](O)[C@H]2O)cc2oc(-c3ccc(O)cc3)c(O)c(=O)c2c1O. The Bertz CT molecular complexity index is 1360. The second kappa shape index (κ2) is 10.4. The third-order valence-electron chi connectivity index (χ3n) is 6.41. The second-order valence-electron chi connectivity index (χ2n) is 9.86. The van der Waals surface area contributed by atoms with E-state index in [9.17, 15) is 45.6 Å². The Balaban J connectivity index is 1.87. The first-order chi connectivity index (χ1) is 17.8. The van der Waals surface area contributed by atoms with Gasteiger partial charge in [-0.05, 0) is 51.0 Å². The molecule has 12 nitrogen and oxygen atoms in total. The number of phenols is 2. The summed E-state index contributed by atoms with van der Waals surface area (Å²) >= 11 is 0. The lowest BCUT2D eigenvalue weighted by molar-refractivity contribution is -0.277. The van der Waals surface area contributed by atoms with Crippen LogP contribution in [-0.2, 0) is 11.2 Å². The van der Waals surface area contributed by atoms with Gasteiger partial charge < -0.3 is 54.7 Å². The number of hydrogen-bond acceptors (Lipinski definition) is 12. The van der Waals surface area contributed by atoms with Gasteiger partial charge in [0, 0.05) is 17.2 Å². The molecule has 0 aliphatic carbocycles. The summed E-state index contributed by atoms with van der Waals surface area (Å²) in [4.78, 5) is 13.1. The monoisotopic (exact) mass is 534 g/mol. The van der Waals surface area contributed by atoms with Crippen molar-refractivity contribution in [2.75, 3.05) is 6.61 Å². The van der Waals surface area contributed by atoms with E-state index in [-0.39, 0.29) is 52.2 Å². The average Bonchev–Trinajstić information content (AvgIpc) is 2.86. The zero-order valence-electron chi connectivity index (χ0n) is 20.6. The summed E-state index contributed by atoms with van der Waals surface area (Å²) < 4.78 is 17.0. The van der Waals surface area contributed by atoms with Gasteiger partial charge in [0.25, 0.3) is 0 Å². The number of phenolic OH excluding ortho intramolecular Hbond substituents is 2. The highest BCUT2D eigenvalue weighted by atomic mass is 16.7. The van der Waals surface area contributed by atoms with E-state index in [1.165, 1.54) is 44.2 Å². The van der Waals surface area contributed by atoms with Crippen molar-refractivity contribution in [3.05, 3.63) is 46.1 Å². The largest absolute Gasteiger partial charge is 0.508 e. The second-order valence-corrected chi connectivity index (χ2v) is 9.86. The van der Waals surface area contributed by atoms with Gasteiger partial charge >= 0.3 is 0 Å². The van der Waals surface area contributed by atoms with Gasteiger partial charge in [0.1, 0.15) is 52.6 Å². The van der Waals surface area contributed by atoms with Crippen molar-refractivity contribution in [1.29, 1.82) is 0 Å². The molecular formula is C26H30O12. The standard InChI is InChI=1S/C26H30O12/c1-26(2,35)8-7-13-14(37-25-23(34)21(32)19(30)16(10-27)38-25)9-15-17(18(13)29)20(31)22(33)24(36-15)11-3-5-12(28)6-4-11/h3-6,9,16,19,21,23,25,27-30,32-35H,7-8,10H2,1-2H3/t16-,19-,21+,23-,25+/m1/s1. The van der Waals surface area contributed by atoms with E-state index in [4.69, 9.17) is 13.9 Å². The minimum absolute atomic E-state index is 0.0145. The number of benzene rings is 2. The van der Waals surface area contributed by atoms with Crippen molar-refractivity contribution in [1.82, 2.24) is 0 Å². The van der Waals surface area contributed by atoms with Crippen LogP contribution < -0.4 is 10.2 Å². The third kappa shape index (κ3) is 5.27. The van der Waals surface area contributed by atoms with Crippen molar-refractivity contribution < 1.29 is 54.7 Å². The molecule has 0 spiro atoms. The predicted octanol–water partition coefficient (Wildman–Crippen LogP) is 0.459. The van der Waals surface area contributed by atoms with Crippen LogP contribution in [0.1, 0.15) is 25.8 Å². The predicted molar refractivity (Wildman–Crippen MR) is 132 cm³/mol. The summed E-state index contributed by atoms with van der Waals surface area (Å²) in [6.07, 6.45) is -7.91. The first-order valence-corrected chi connectivity index (χ1v) is 11.9. The van der Waals surface area contributed by atoms with E-state index in [1.807, 2.05) is 0 Å². The number of aliphatic hydroxyl groups is 5. The maximum atomic E-state index is 13.1. The zero-order chi connectivity index (χ0) is 27.9. The van der Waals surface area contributed by atoms with Crippen LogP contribution in [0.3, 0.4) is 0 Å². The molecular weight excluding hydrogens is 504 g/mol. The Morgan fingerprint density at radius 3 is 2.24 bits per heavy atom. The van der Waals surface area contributed by atoms with Gasteiger partial charge in [-0.25, -0.2) is 0 Å². The maximum absolute atomic E-state index is 13.1. The fourth-order valence-corrected chi connectivity index (χ4v) is 4.22. The van der Waals surface area contributed by atoms with E-state index in [2.05, 4.69) is 0 Å². The lowest BCUT2D eigenvalue weighted by Crippen LogP contribution is -2.60. The van der Waals surface area contributed by atoms with E-state index in [1.54, 1.807) is 0 Å². The van der Waals surface area contributed by atoms with Gasteiger partial charge in [-0.15, -0.1) is 0 Å². The van der Waals surface area contributed by atoms with E-state index in [0.717, 1.165) is 0 Å². The highest BCUT2D eigenvalue weighted by Gasteiger charge is 2.45. The molecule has 2 aromatic carbocycles. The summed E-state index contributed by atoms with van der Waals surface area (Å²) in [5.74, 6) is -1.83. The van der Waals surface area contributed by atoms with Crippen molar-refractivity contribution in [2.45, 2.75) is 63.0 Å². The molecule has 206 valence electrons. The number of aliphatic hydroxyl groups excluding tert-OH is 4. The van der Waals surface area contributed by atoms with Gasteiger partial charge in [-0.1, -0.05) is 0 Å². The number of fused-ring (bicyclic) bond motifs is 1. The molecule has 38 heavy (non-hydrogen) atoms. The van der Waals surface area contributed by atoms with E-state index in [0.29, 0.717) is 0 Å². The lowest BCUT2D eigenvalue weighted by atomic mass is 9.96. The van der Waals surface area contributed by atoms with Gasteiger partial charge in [-0.3, -0.25) is 4.79 Å². The first-order valence-electron chi connectivity index (χ1n) is 11.9. The first kappa shape index (κ1) is 27.6. The fourth-order valence-electron chi connectivity index (χ4n) is 4.22.